The van der Waals surface area contributed by atoms with E-state index in [-0.39, 0.29) is 12.6 Å². The van der Waals surface area contributed by atoms with Crippen LogP contribution in [0.25, 0.3) is 0 Å². The summed E-state index contributed by atoms with van der Waals surface area (Å²) in [7, 11) is 4.62. The molecule has 2 N–H and O–H groups in total. The van der Waals surface area contributed by atoms with Crippen LogP contribution in [-0.4, -0.2) is 55.0 Å². The van der Waals surface area contributed by atoms with Crippen molar-refractivity contribution in [3.8, 4) is 11.5 Å². The maximum absolute atomic E-state index is 12.7. The lowest BCUT2D eigenvalue weighted by Crippen LogP contribution is -2.28. The molecule has 0 fully saturated rings. The minimum atomic E-state index is -0.507. The number of aliphatic hydroxyl groups excluding tert-OH is 1. The van der Waals surface area contributed by atoms with Gasteiger partial charge in [0.15, 0.2) is 0 Å². The van der Waals surface area contributed by atoms with Gasteiger partial charge in [-0.25, -0.2) is 9.78 Å². The third kappa shape index (κ3) is 7.58. The van der Waals surface area contributed by atoms with Crippen molar-refractivity contribution in [3.05, 3.63) is 70.9 Å². The van der Waals surface area contributed by atoms with Crippen molar-refractivity contribution in [2.75, 3.05) is 38.2 Å². The van der Waals surface area contributed by atoms with Gasteiger partial charge in [0.25, 0.3) is 0 Å². The summed E-state index contributed by atoms with van der Waals surface area (Å²) >= 11 is 0. The quantitative estimate of drug-likeness (QED) is 0.290. The van der Waals surface area contributed by atoms with E-state index < -0.39 is 5.97 Å². The van der Waals surface area contributed by atoms with Crippen LogP contribution in [0.4, 0.5) is 11.8 Å². The summed E-state index contributed by atoms with van der Waals surface area (Å²) in [6, 6.07) is 15.7. The predicted octanol–water partition coefficient (Wildman–Crippen LogP) is 4.76. The Morgan fingerprint density at radius 3 is 1.92 bits per heavy atom. The second-order valence-corrected chi connectivity index (χ2v) is 9.02. The van der Waals surface area contributed by atoms with Crippen LogP contribution in [0, 0.1) is 6.92 Å². The molecule has 0 aliphatic carbocycles. The molecule has 0 radical (unpaired) electrons. The average Bonchev–Trinajstić information content (AvgIpc) is 2.93. The molecule has 0 unspecified atom stereocenters. The largest absolute Gasteiger partial charge is 0.497 e. The monoisotopic (exact) mass is 522 g/mol. The third-order valence-electron chi connectivity index (χ3n) is 6.27. The van der Waals surface area contributed by atoms with Gasteiger partial charge in [-0.15, -0.1) is 0 Å². The van der Waals surface area contributed by atoms with Crippen molar-refractivity contribution in [3.63, 3.8) is 0 Å². The number of aryl methyl sites for hydroxylation is 1. The maximum atomic E-state index is 12.7. The van der Waals surface area contributed by atoms with E-state index in [2.05, 4.69) is 17.1 Å². The highest BCUT2D eigenvalue weighted by atomic mass is 16.5. The van der Waals surface area contributed by atoms with Crippen molar-refractivity contribution in [1.29, 1.82) is 0 Å². The molecule has 0 spiro atoms. The van der Waals surface area contributed by atoms with Crippen LogP contribution in [0.3, 0.4) is 0 Å². The summed E-state index contributed by atoms with van der Waals surface area (Å²) in [6.45, 7) is 4.95. The third-order valence-corrected chi connectivity index (χ3v) is 6.27. The lowest BCUT2D eigenvalue weighted by molar-refractivity contribution is 0.0600. The molecule has 0 amide bonds. The van der Waals surface area contributed by atoms with Crippen LogP contribution in [-0.2, 0) is 17.8 Å². The molecule has 0 saturated carbocycles. The van der Waals surface area contributed by atoms with Crippen molar-refractivity contribution in [2.45, 2.75) is 52.2 Å². The van der Waals surface area contributed by atoms with Gasteiger partial charge in [0, 0.05) is 25.7 Å². The first-order valence-electron chi connectivity index (χ1n) is 12.8. The number of benzene rings is 2. The average molecular weight is 523 g/mol. The zero-order chi connectivity index (χ0) is 27.5. The molecule has 1 atom stereocenters. The Kier molecular flexibility index (Phi) is 10.7. The molecule has 9 heteroatoms. The number of nitrogens with zero attached hydrogens (tertiary/aromatic N) is 3. The smallest absolute Gasteiger partial charge is 0.343 e. The van der Waals surface area contributed by atoms with E-state index >= 15 is 0 Å². The van der Waals surface area contributed by atoms with E-state index in [0.29, 0.717) is 42.5 Å². The molecule has 2 aromatic carbocycles. The van der Waals surface area contributed by atoms with Crippen LogP contribution in [0.1, 0.15) is 53.4 Å². The van der Waals surface area contributed by atoms with Gasteiger partial charge >= 0.3 is 5.97 Å². The lowest BCUT2D eigenvalue weighted by Gasteiger charge is -2.26. The Balaban J connectivity index is 2.05. The molecule has 0 aliphatic heterocycles. The number of aliphatic hydroxyl groups is 1. The van der Waals surface area contributed by atoms with Crippen LogP contribution < -0.4 is 19.7 Å². The summed E-state index contributed by atoms with van der Waals surface area (Å²) in [5.74, 6) is 1.93. The minimum absolute atomic E-state index is 0.0310. The predicted molar refractivity (Wildman–Crippen MR) is 148 cm³/mol. The number of nitrogens with one attached hydrogen (secondary N) is 1. The van der Waals surface area contributed by atoms with E-state index in [1.54, 1.807) is 21.1 Å². The second-order valence-electron chi connectivity index (χ2n) is 9.02. The maximum Gasteiger partial charge on any atom is 0.343 e. The first-order chi connectivity index (χ1) is 18.4. The van der Waals surface area contributed by atoms with Gasteiger partial charge in [-0.3, -0.25) is 0 Å². The molecule has 0 saturated heterocycles. The highest BCUT2D eigenvalue weighted by Crippen LogP contribution is 2.26. The van der Waals surface area contributed by atoms with E-state index in [0.717, 1.165) is 35.5 Å². The van der Waals surface area contributed by atoms with Crippen molar-refractivity contribution >= 4 is 17.7 Å². The summed E-state index contributed by atoms with van der Waals surface area (Å²) in [4.78, 5) is 24.3. The number of hydrogen-bond donors (Lipinski definition) is 2. The zero-order valence-electron chi connectivity index (χ0n) is 22.9. The lowest BCUT2D eigenvalue weighted by atomic mass is 10.1. The molecule has 3 rings (SSSR count). The Morgan fingerprint density at radius 1 is 0.921 bits per heavy atom. The molecule has 0 aliphatic rings. The first kappa shape index (κ1) is 28.7. The van der Waals surface area contributed by atoms with Crippen molar-refractivity contribution < 1.29 is 24.1 Å². The highest BCUT2D eigenvalue weighted by molar-refractivity contribution is 5.96. The van der Waals surface area contributed by atoms with Gasteiger partial charge in [-0.1, -0.05) is 37.6 Å². The Bertz CT molecular complexity index is 1110. The number of hydrogen-bond acceptors (Lipinski definition) is 9. The Morgan fingerprint density at radius 2 is 1.47 bits per heavy atom. The van der Waals surface area contributed by atoms with Gasteiger partial charge in [0.2, 0.25) is 5.95 Å². The normalized spacial score (nSPS) is 11.5. The molecule has 1 aromatic heterocycles. The standard InChI is InChI=1S/C29H38N4O5/c1-6-7-23(16-17-34)31-27-26(28(35)38-5)20(2)30-29(32-27)33(18-21-8-12-24(36-3)13-9-21)19-22-10-14-25(37-4)15-11-22/h8-15,23,34H,6-7,16-19H2,1-5H3,(H,30,31,32)/t23-/m0/s1. The number of aromatic nitrogens is 2. The Hall–Kier alpha value is -3.85. The Labute approximate surface area is 224 Å². The fourth-order valence-electron chi connectivity index (χ4n) is 4.24. The molecular weight excluding hydrogens is 484 g/mol. The zero-order valence-corrected chi connectivity index (χ0v) is 22.9. The highest BCUT2D eigenvalue weighted by Gasteiger charge is 2.24. The van der Waals surface area contributed by atoms with E-state index in [4.69, 9.17) is 24.2 Å². The van der Waals surface area contributed by atoms with Gasteiger partial charge in [0.05, 0.1) is 27.0 Å². The molecule has 1 heterocycles. The van der Waals surface area contributed by atoms with Crippen LogP contribution in [0.2, 0.25) is 0 Å². The molecule has 0 bridgehead atoms. The SMILES string of the molecule is CCC[C@@H](CCO)Nc1nc(N(Cc2ccc(OC)cc2)Cc2ccc(OC)cc2)nc(C)c1C(=O)OC. The fraction of sp³-hybridized carbons (Fsp3) is 0.414. The van der Waals surface area contributed by atoms with E-state index in [9.17, 15) is 9.90 Å². The van der Waals surface area contributed by atoms with Crippen molar-refractivity contribution in [1.82, 2.24) is 9.97 Å². The van der Waals surface area contributed by atoms with Gasteiger partial charge < -0.3 is 29.5 Å². The van der Waals surface area contributed by atoms with Crippen LogP contribution in [0.15, 0.2) is 48.5 Å². The molecular formula is C29H38N4O5. The summed E-state index contributed by atoms with van der Waals surface area (Å²) < 4.78 is 15.7. The first-order valence-corrected chi connectivity index (χ1v) is 12.8. The summed E-state index contributed by atoms with van der Waals surface area (Å²) in [6.07, 6.45) is 2.28. The molecule has 204 valence electrons. The minimum Gasteiger partial charge on any atom is -0.497 e. The molecule has 3 aromatic rings. The van der Waals surface area contributed by atoms with E-state index in [1.807, 2.05) is 48.5 Å². The van der Waals surface area contributed by atoms with Crippen LogP contribution >= 0.6 is 0 Å². The number of carbonyl (C=O) groups is 1. The van der Waals surface area contributed by atoms with Crippen LogP contribution in [0.5, 0.6) is 11.5 Å². The molecule has 38 heavy (non-hydrogen) atoms. The van der Waals surface area contributed by atoms with Gasteiger partial charge in [-0.05, 0) is 55.2 Å². The number of carbonyl (C=O) groups excluding carboxylic acids is 1. The number of anilines is 2. The number of methoxy groups -OCH3 is 3. The fourth-order valence-corrected chi connectivity index (χ4v) is 4.24. The number of esters is 1. The topological polar surface area (TPSA) is 106 Å². The second kappa shape index (κ2) is 14.2. The molecule has 9 nitrogen and oxygen atoms in total. The van der Waals surface area contributed by atoms with Gasteiger partial charge in [-0.2, -0.15) is 4.98 Å². The number of ether oxygens (including phenoxy) is 3. The van der Waals surface area contributed by atoms with Gasteiger partial charge in [0.1, 0.15) is 22.9 Å². The van der Waals surface area contributed by atoms with Crippen molar-refractivity contribution in [2.24, 2.45) is 0 Å². The summed E-state index contributed by atoms with van der Waals surface area (Å²) in [5.41, 5.74) is 2.91. The number of rotatable bonds is 14. The summed E-state index contributed by atoms with van der Waals surface area (Å²) in [5, 5.41) is 13.0. The van der Waals surface area contributed by atoms with E-state index in [1.165, 1.54) is 7.11 Å².